The predicted molar refractivity (Wildman–Crippen MR) is 73.5 cm³/mol. The van der Waals surface area contributed by atoms with Gasteiger partial charge in [0.2, 0.25) is 0 Å². The summed E-state index contributed by atoms with van der Waals surface area (Å²) in [6, 6.07) is 9.25. The normalized spacial score (nSPS) is 10.4. The molecule has 0 spiro atoms. The summed E-state index contributed by atoms with van der Waals surface area (Å²) in [7, 11) is 0. The summed E-state index contributed by atoms with van der Waals surface area (Å²) in [6.07, 6.45) is 6.78. The molecule has 3 aromatic rings. The lowest BCUT2D eigenvalue weighted by atomic mass is 10.2. The lowest BCUT2D eigenvalue weighted by Crippen LogP contribution is -1.92. The number of hydrogen-bond acceptors (Lipinski definition) is 4. The molecule has 3 rings (SSSR count). The second kappa shape index (κ2) is 5.12. The quantitative estimate of drug-likeness (QED) is 0.670. The van der Waals surface area contributed by atoms with Crippen LogP contribution in [0.3, 0.4) is 0 Å². The minimum Gasteiger partial charge on any atom is -0.265 e. The molecule has 0 aliphatic carbocycles. The molecule has 0 fully saturated rings. The lowest BCUT2D eigenvalue weighted by Gasteiger charge is -2.04. The van der Waals surface area contributed by atoms with Crippen molar-refractivity contribution in [2.45, 2.75) is 0 Å². The summed E-state index contributed by atoms with van der Waals surface area (Å²) in [5, 5.41) is 0.432. The van der Waals surface area contributed by atoms with E-state index in [2.05, 4.69) is 19.9 Å². The Morgan fingerprint density at radius 1 is 0.842 bits per heavy atom. The molecule has 0 aromatic carbocycles. The number of pyridine rings is 2. The molecule has 0 saturated heterocycles. The van der Waals surface area contributed by atoms with Crippen molar-refractivity contribution < 1.29 is 0 Å². The van der Waals surface area contributed by atoms with Crippen molar-refractivity contribution in [3.05, 3.63) is 60.3 Å². The van der Waals surface area contributed by atoms with Crippen LogP contribution in [0.4, 0.5) is 0 Å². The highest BCUT2D eigenvalue weighted by molar-refractivity contribution is 6.32. The smallest absolute Gasteiger partial charge is 0.159 e. The molecule has 3 aromatic heterocycles. The Morgan fingerprint density at radius 3 is 2.47 bits per heavy atom. The molecular formula is C14H9ClN4. The van der Waals surface area contributed by atoms with Crippen molar-refractivity contribution in [1.82, 2.24) is 19.9 Å². The summed E-state index contributed by atoms with van der Waals surface area (Å²) in [5.41, 5.74) is 2.46. The molecule has 0 radical (unpaired) electrons. The van der Waals surface area contributed by atoms with E-state index in [0.29, 0.717) is 11.0 Å². The Morgan fingerprint density at radius 2 is 1.68 bits per heavy atom. The number of rotatable bonds is 2. The Hall–Kier alpha value is -2.33. The molecule has 0 amide bonds. The molecule has 0 N–H and O–H groups in total. The Kier molecular flexibility index (Phi) is 3.16. The van der Waals surface area contributed by atoms with E-state index in [1.165, 1.54) is 0 Å². The van der Waals surface area contributed by atoms with Crippen LogP contribution in [0.15, 0.2) is 55.1 Å². The SMILES string of the molecule is Clc1ncccc1-c1ccnc(-c2ccncc2)n1. The maximum Gasteiger partial charge on any atom is 0.159 e. The molecule has 4 nitrogen and oxygen atoms in total. The van der Waals surface area contributed by atoms with Gasteiger partial charge in [-0.25, -0.2) is 15.0 Å². The molecule has 92 valence electrons. The van der Waals surface area contributed by atoms with Gasteiger partial charge in [0.05, 0.1) is 5.69 Å². The van der Waals surface area contributed by atoms with Crippen LogP contribution in [0.1, 0.15) is 0 Å². The zero-order valence-electron chi connectivity index (χ0n) is 9.86. The van der Waals surface area contributed by atoms with Crippen LogP contribution >= 0.6 is 11.6 Å². The van der Waals surface area contributed by atoms with Gasteiger partial charge in [0.1, 0.15) is 5.15 Å². The summed E-state index contributed by atoms with van der Waals surface area (Å²) < 4.78 is 0. The van der Waals surface area contributed by atoms with Gasteiger partial charge in [-0.15, -0.1) is 0 Å². The Bertz CT molecular complexity index is 701. The van der Waals surface area contributed by atoms with E-state index in [1.807, 2.05) is 30.3 Å². The summed E-state index contributed by atoms with van der Waals surface area (Å²) in [4.78, 5) is 16.8. The summed E-state index contributed by atoms with van der Waals surface area (Å²) in [5.74, 6) is 0.639. The van der Waals surface area contributed by atoms with Gasteiger partial charge in [-0.1, -0.05) is 11.6 Å². The third kappa shape index (κ3) is 2.44. The van der Waals surface area contributed by atoms with E-state index in [0.717, 1.165) is 16.8 Å². The first-order valence-corrected chi connectivity index (χ1v) is 6.07. The standard InChI is InChI=1S/C14H9ClN4/c15-13-11(2-1-6-17-13)12-5-9-18-14(19-12)10-3-7-16-8-4-10/h1-9H. The molecular weight excluding hydrogens is 260 g/mol. The second-order valence-electron chi connectivity index (χ2n) is 3.84. The zero-order valence-corrected chi connectivity index (χ0v) is 10.6. The molecule has 5 heteroatoms. The van der Waals surface area contributed by atoms with Crippen molar-refractivity contribution in [3.63, 3.8) is 0 Å². The zero-order chi connectivity index (χ0) is 13.1. The van der Waals surface area contributed by atoms with Crippen molar-refractivity contribution in [1.29, 1.82) is 0 Å². The first-order valence-electron chi connectivity index (χ1n) is 5.69. The van der Waals surface area contributed by atoms with Gasteiger partial charge in [-0.05, 0) is 30.3 Å². The highest BCUT2D eigenvalue weighted by Gasteiger charge is 2.07. The topological polar surface area (TPSA) is 51.6 Å². The van der Waals surface area contributed by atoms with Crippen LogP contribution in [0.25, 0.3) is 22.6 Å². The van der Waals surface area contributed by atoms with E-state index < -0.39 is 0 Å². The van der Waals surface area contributed by atoms with Crippen molar-refractivity contribution in [3.8, 4) is 22.6 Å². The highest BCUT2D eigenvalue weighted by Crippen LogP contribution is 2.25. The molecule has 0 saturated carbocycles. The maximum atomic E-state index is 6.08. The van der Waals surface area contributed by atoms with Gasteiger partial charge in [-0.3, -0.25) is 4.98 Å². The minimum absolute atomic E-state index is 0.432. The van der Waals surface area contributed by atoms with Gasteiger partial charge in [0.25, 0.3) is 0 Å². The fraction of sp³-hybridized carbons (Fsp3) is 0. The van der Waals surface area contributed by atoms with E-state index in [9.17, 15) is 0 Å². The third-order valence-electron chi connectivity index (χ3n) is 2.63. The van der Waals surface area contributed by atoms with Gasteiger partial charge < -0.3 is 0 Å². The molecule has 0 bridgehead atoms. The van der Waals surface area contributed by atoms with Crippen LogP contribution < -0.4 is 0 Å². The van der Waals surface area contributed by atoms with Gasteiger partial charge >= 0.3 is 0 Å². The van der Waals surface area contributed by atoms with E-state index in [1.54, 1.807) is 24.8 Å². The van der Waals surface area contributed by atoms with Gasteiger partial charge in [0.15, 0.2) is 5.82 Å². The predicted octanol–water partition coefficient (Wildman–Crippen LogP) is 3.25. The third-order valence-corrected chi connectivity index (χ3v) is 2.93. The minimum atomic E-state index is 0.432. The van der Waals surface area contributed by atoms with E-state index >= 15 is 0 Å². The first kappa shape index (κ1) is 11.7. The molecule has 0 aliphatic heterocycles. The van der Waals surface area contributed by atoms with Crippen LogP contribution in [0.2, 0.25) is 5.15 Å². The maximum absolute atomic E-state index is 6.08. The van der Waals surface area contributed by atoms with Gasteiger partial charge in [-0.2, -0.15) is 0 Å². The van der Waals surface area contributed by atoms with E-state index in [-0.39, 0.29) is 0 Å². The van der Waals surface area contributed by atoms with Crippen LogP contribution in [-0.4, -0.2) is 19.9 Å². The monoisotopic (exact) mass is 268 g/mol. The molecule has 0 aliphatic rings. The highest BCUT2D eigenvalue weighted by atomic mass is 35.5. The van der Waals surface area contributed by atoms with Crippen LogP contribution in [0, 0.1) is 0 Å². The lowest BCUT2D eigenvalue weighted by molar-refractivity contribution is 1.17. The average Bonchev–Trinajstić information content (AvgIpc) is 2.49. The first-order chi connectivity index (χ1) is 9.34. The van der Waals surface area contributed by atoms with Crippen molar-refractivity contribution in [2.24, 2.45) is 0 Å². The number of halogens is 1. The fourth-order valence-corrected chi connectivity index (χ4v) is 1.94. The van der Waals surface area contributed by atoms with Crippen molar-refractivity contribution in [2.75, 3.05) is 0 Å². The van der Waals surface area contributed by atoms with Crippen LogP contribution in [-0.2, 0) is 0 Å². The number of hydrogen-bond donors (Lipinski definition) is 0. The molecule has 0 atom stereocenters. The molecule has 19 heavy (non-hydrogen) atoms. The summed E-state index contributed by atoms with van der Waals surface area (Å²) in [6.45, 7) is 0. The largest absolute Gasteiger partial charge is 0.265 e. The molecule has 0 unspecified atom stereocenters. The Balaban J connectivity index is 2.09. The summed E-state index contributed by atoms with van der Waals surface area (Å²) >= 11 is 6.08. The number of aromatic nitrogens is 4. The van der Waals surface area contributed by atoms with Crippen LogP contribution in [0.5, 0.6) is 0 Å². The van der Waals surface area contributed by atoms with Crippen molar-refractivity contribution >= 4 is 11.6 Å². The average molecular weight is 269 g/mol. The van der Waals surface area contributed by atoms with E-state index in [4.69, 9.17) is 11.6 Å². The molecule has 3 heterocycles. The second-order valence-corrected chi connectivity index (χ2v) is 4.20. The Labute approximate surface area is 115 Å². The van der Waals surface area contributed by atoms with Gasteiger partial charge in [0, 0.05) is 35.9 Å². The number of nitrogens with zero attached hydrogens (tertiary/aromatic N) is 4. The fourth-order valence-electron chi connectivity index (χ4n) is 1.73.